The van der Waals surface area contributed by atoms with E-state index in [-0.39, 0.29) is 6.61 Å². The Labute approximate surface area is 119 Å². The third kappa shape index (κ3) is 3.05. The largest absolute Gasteiger partial charge is 0.464 e. The van der Waals surface area contributed by atoms with E-state index in [0.717, 1.165) is 28.7 Å². The van der Waals surface area contributed by atoms with Gasteiger partial charge < -0.3 is 14.8 Å². The Morgan fingerprint density at radius 2 is 1.95 bits per heavy atom. The second-order valence-electron chi connectivity index (χ2n) is 5.65. The number of rotatable bonds is 6. The van der Waals surface area contributed by atoms with Crippen molar-refractivity contribution >= 4 is 5.69 Å². The van der Waals surface area contributed by atoms with Gasteiger partial charge in [0.2, 0.25) is 0 Å². The maximum Gasteiger partial charge on any atom is 0.123 e. The van der Waals surface area contributed by atoms with E-state index in [4.69, 9.17) is 9.52 Å². The summed E-state index contributed by atoms with van der Waals surface area (Å²) in [5.41, 5.74) is 2.23. The van der Waals surface area contributed by atoms with Crippen LogP contribution in [-0.4, -0.2) is 11.7 Å². The molecule has 3 nitrogen and oxygen atoms in total. The van der Waals surface area contributed by atoms with Gasteiger partial charge in [0, 0.05) is 18.2 Å². The molecule has 106 valence electrons. The number of nitrogens with one attached hydrogen (secondary N) is 1. The van der Waals surface area contributed by atoms with Crippen molar-refractivity contribution < 1.29 is 9.52 Å². The van der Waals surface area contributed by atoms with Crippen molar-refractivity contribution in [2.45, 2.75) is 32.2 Å². The molecule has 3 heteroatoms. The summed E-state index contributed by atoms with van der Waals surface area (Å²) in [7, 11) is 0. The van der Waals surface area contributed by atoms with Gasteiger partial charge in [0.25, 0.3) is 0 Å². The monoisotopic (exact) mass is 271 g/mol. The van der Waals surface area contributed by atoms with Crippen LogP contribution in [0.15, 0.2) is 40.8 Å². The van der Waals surface area contributed by atoms with Crippen LogP contribution < -0.4 is 5.32 Å². The summed E-state index contributed by atoms with van der Waals surface area (Å²) in [6, 6.07) is 12.3. The lowest BCUT2D eigenvalue weighted by atomic mass is 10.1. The number of hydrogen-bond donors (Lipinski definition) is 2. The zero-order chi connectivity index (χ0) is 13.9. The van der Waals surface area contributed by atoms with Crippen molar-refractivity contribution in [1.82, 2.24) is 0 Å². The number of aliphatic hydroxyl groups excluding tert-OH is 1. The van der Waals surface area contributed by atoms with E-state index in [1.807, 2.05) is 24.3 Å². The first kappa shape index (κ1) is 13.3. The third-order valence-corrected chi connectivity index (χ3v) is 3.98. The minimum atomic E-state index is 0.196. The molecule has 0 saturated heterocycles. The van der Waals surface area contributed by atoms with Crippen LogP contribution in [0.2, 0.25) is 0 Å². The molecule has 1 heterocycles. The highest BCUT2D eigenvalue weighted by Gasteiger charge is 2.36. The third-order valence-electron chi connectivity index (χ3n) is 3.98. The van der Waals surface area contributed by atoms with E-state index in [2.05, 4.69) is 24.4 Å². The van der Waals surface area contributed by atoms with Gasteiger partial charge in [-0.3, -0.25) is 0 Å². The predicted octanol–water partition coefficient (Wildman–Crippen LogP) is 3.55. The van der Waals surface area contributed by atoms with Crippen molar-refractivity contribution in [2.75, 3.05) is 11.9 Å². The highest BCUT2D eigenvalue weighted by Crippen LogP contribution is 2.47. The molecule has 2 aromatic rings. The molecule has 3 rings (SSSR count). The lowest BCUT2D eigenvalue weighted by Gasteiger charge is -2.05. The Hall–Kier alpha value is -1.74. The first-order chi connectivity index (χ1) is 9.76. The van der Waals surface area contributed by atoms with Gasteiger partial charge in [-0.1, -0.05) is 19.1 Å². The normalized spacial score (nSPS) is 20.9. The summed E-state index contributed by atoms with van der Waals surface area (Å²) in [6.45, 7) is 3.17. The standard InChI is InChI=1S/C17H21NO2/c1-12-10-16(12)17-7-6-15(20-17)11-18-14-4-2-13(3-5-14)8-9-19/h2-7,12,16,18-19H,8-11H2,1H3. The van der Waals surface area contributed by atoms with Crippen molar-refractivity contribution in [3.63, 3.8) is 0 Å². The molecule has 1 aromatic heterocycles. The van der Waals surface area contributed by atoms with Crippen molar-refractivity contribution in [3.8, 4) is 0 Å². The van der Waals surface area contributed by atoms with E-state index in [0.29, 0.717) is 18.9 Å². The Balaban J connectivity index is 1.54. The van der Waals surface area contributed by atoms with Gasteiger partial charge in [0.05, 0.1) is 6.54 Å². The van der Waals surface area contributed by atoms with Gasteiger partial charge in [-0.05, 0) is 48.6 Å². The molecule has 0 bridgehead atoms. The number of aliphatic hydroxyl groups is 1. The van der Waals surface area contributed by atoms with Crippen LogP contribution in [0, 0.1) is 5.92 Å². The maximum atomic E-state index is 8.88. The van der Waals surface area contributed by atoms with Gasteiger partial charge in [-0.15, -0.1) is 0 Å². The lowest BCUT2D eigenvalue weighted by molar-refractivity contribution is 0.299. The van der Waals surface area contributed by atoms with Gasteiger partial charge >= 0.3 is 0 Å². The van der Waals surface area contributed by atoms with E-state index < -0.39 is 0 Å². The van der Waals surface area contributed by atoms with E-state index in [1.54, 1.807) is 0 Å². The molecule has 20 heavy (non-hydrogen) atoms. The van der Waals surface area contributed by atoms with Crippen LogP contribution >= 0.6 is 0 Å². The Morgan fingerprint density at radius 1 is 1.20 bits per heavy atom. The predicted molar refractivity (Wildman–Crippen MR) is 79.8 cm³/mol. The fraction of sp³-hybridized carbons (Fsp3) is 0.412. The zero-order valence-corrected chi connectivity index (χ0v) is 11.8. The summed E-state index contributed by atoms with van der Waals surface area (Å²) in [5, 5.41) is 12.2. The summed E-state index contributed by atoms with van der Waals surface area (Å²) in [6.07, 6.45) is 1.97. The number of anilines is 1. The molecule has 0 radical (unpaired) electrons. The van der Waals surface area contributed by atoms with Crippen LogP contribution in [0.25, 0.3) is 0 Å². The second-order valence-corrected chi connectivity index (χ2v) is 5.65. The molecule has 1 aliphatic rings. The minimum Gasteiger partial charge on any atom is -0.464 e. The fourth-order valence-electron chi connectivity index (χ4n) is 2.51. The zero-order valence-electron chi connectivity index (χ0n) is 11.8. The van der Waals surface area contributed by atoms with Crippen LogP contribution in [0.4, 0.5) is 5.69 Å². The topological polar surface area (TPSA) is 45.4 Å². The highest BCUT2D eigenvalue weighted by molar-refractivity contribution is 5.44. The number of furan rings is 1. The van der Waals surface area contributed by atoms with Crippen molar-refractivity contribution in [1.29, 1.82) is 0 Å². The van der Waals surface area contributed by atoms with Gasteiger partial charge in [0.1, 0.15) is 11.5 Å². The molecule has 1 saturated carbocycles. The molecule has 0 spiro atoms. The highest BCUT2D eigenvalue weighted by atomic mass is 16.3. The Bertz CT molecular complexity index is 559. The molecule has 0 aliphatic heterocycles. The number of benzene rings is 1. The molecular weight excluding hydrogens is 250 g/mol. The lowest BCUT2D eigenvalue weighted by Crippen LogP contribution is -1.98. The summed E-state index contributed by atoms with van der Waals surface area (Å²) in [5.74, 6) is 3.54. The van der Waals surface area contributed by atoms with Gasteiger partial charge in [0.15, 0.2) is 0 Å². The molecule has 1 aliphatic carbocycles. The fourth-order valence-corrected chi connectivity index (χ4v) is 2.51. The summed E-state index contributed by atoms with van der Waals surface area (Å²) < 4.78 is 5.87. The SMILES string of the molecule is CC1CC1c1ccc(CNc2ccc(CCO)cc2)o1. The summed E-state index contributed by atoms with van der Waals surface area (Å²) >= 11 is 0. The minimum absolute atomic E-state index is 0.196. The molecular formula is C17H21NO2. The average molecular weight is 271 g/mol. The maximum absolute atomic E-state index is 8.88. The van der Waals surface area contributed by atoms with Crippen LogP contribution in [0.3, 0.4) is 0 Å². The molecule has 1 fully saturated rings. The molecule has 1 aromatic carbocycles. The first-order valence-corrected chi connectivity index (χ1v) is 7.28. The molecule has 0 amide bonds. The van der Waals surface area contributed by atoms with E-state index >= 15 is 0 Å². The van der Waals surface area contributed by atoms with Crippen molar-refractivity contribution in [2.24, 2.45) is 5.92 Å². The van der Waals surface area contributed by atoms with Gasteiger partial charge in [-0.25, -0.2) is 0 Å². The van der Waals surface area contributed by atoms with E-state index in [1.165, 1.54) is 6.42 Å². The first-order valence-electron chi connectivity index (χ1n) is 7.28. The van der Waals surface area contributed by atoms with Crippen LogP contribution in [0.5, 0.6) is 0 Å². The van der Waals surface area contributed by atoms with Crippen LogP contribution in [0.1, 0.15) is 36.3 Å². The Morgan fingerprint density at radius 3 is 2.60 bits per heavy atom. The quantitative estimate of drug-likeness (QED) is 0.844. The number of hydrogen-bond acceptors (Lipinski definition) is 3. The molecule has 2 unspecified atom stereocenters. The van der Waals surface area contributed by atoms with E-state index in [9.17, 15) is 0 Å². The molecule has 2 N–H and O–H groups in total. The van der Waals surface area contributed by atoms with Crippen molar-refractivity contribution in [3.05, 3.63) is 53.5 Å². The second kappa shape index (κ2) is 5.71. The Kier molecular flexibility index (Phi) is 3.79. The smallest absolute Gasteiger partial charge is 0.123 e. The summed E-state index contributed by atoms with van der Waals surface area (Å²) in [4.78, 5) is 0. The molecule has 2 atom stereocenters. The van der Waals surface area contributed by atoms with Gasteiger partial charge in [-0.2, -0.15) is 0 Å². The van der Waals surface area contributed by atoms with Crippen LogP contribution in [-0.2, 0) is 13.0 Å². The average Bonchev–Trinajstić information content (AvgIpc) is 3.01.